The van der Waals surface area contributed by atoms with Gasteiger partial charge in [-0.15, -0.1) is 0 Å². The molecule has 2 fully saturated rings. The second kappa shape index (κ2) is 17.4. The number of halogens is 1. The number of hydrogen-bond donors (Lipinski definition) is 3. The molecule has 2 amide bonds. The zero-order valence-electron chi connectivity index (χ0n) is 33.3. The molecule has 13 nitrogen and oxygen atoms in total. The zero-order valence-corrected chi connectivity index (χ0v) is 34.9. The van der Waals surface area contributed by atoms with Gasteiger partial charge >= 0.3 is 0 Å². The number of benzene rings is 3. The maximum absolute atomic E-state index is 13.1. The van der Waals surface area contributed by atoms with Gasteiger partial charge in [-0.1, -0.05) is 23.7 Å². The second-order valence-electron chi connectivity index (χ2n) is 15.4. The number of para-hydroxylation sites is 1. The first-order valence-electron chi connectivity index (χ1n) is 19.7. The van der Waals surface area contributed by atoms with Gasteiger partial charge in [0, 0.05) is 23.9 Å². The molecule has 0 radical (unpaired) electrons. The Morgan fingerprint density at radius 1 is 0.983 bits per heavy atom. The number of nitrogens with one attached hydrogen (secondary N) is 3. The smallest absolute Gasteiger partial charge is 0.234 e. The van der Waals surface area contributed by atoms with Crippen LogP contribution >= 0.6 is 11.6 Å². The molecule has 4 heterocycles. The molecule has 306 valence electrons. The number of furan rings is 1. The molecule has 5 aromatic rings. The SMILES string of the molecule is Cc1cc(Nc2ncc(Cl)c(Nc3ccccc3S(=O)(=O)C(C)C)n2)c(OC(C)C)cc1C1CCN(CCOc2ccc3occ(C4CCC(=O)NC4=O)c3c2)CC1. The van der Waals surface area contributed by atoms with Crippen molar-refractivity contribution < 1.29 is 31.9 Å². The lowest BCUT2D eigenvalue weighted by Gasteiger charge is -2.33. The summed E-state index contributed by atoms with van der Waals surface area (Å²) in [6.45, 7) is 12.5. The molecule has 3 aromatic carbocycles. The largest absolute Gasteiger partial charge is 0.492 e. The molecule has 0 saturated carbocycles. The van der Waals surface area contributed by atoms with Crippen LogP contribution in [0.2, 0.25) is 5.02 Å². The van der Waals surface area contributed by atoms with Crippen molar-refractivity contribution in [2.45, 2.75) is 88.4 Å². The van der Waals surface area contributed by atoms with E-state index in [9.17, 15) is 18.0 Å². The van der Waals surface area contributed by atoms with Crippen molar-refractivity contribution >= 4 is 67.4 Å². The topological polar surface area (TPSA) is 165 Å². The molecule has 2 aliphatic rings. The van der Waals surface area contributed by atoms with E-state index in [4.69, 9.17) is 25.5 Å². The first kappa shape index (κ1) is 41.0. The molecule has 2 aliphatic heterocycles. The lowest BCUT2D eigenvalue weighted by molar-refractivity contribution is -0.134. The highest BCUT2D eigenvalue weighted by Gasteiger charge is 2.31. The van der Waals surface area contributed by atoms with Crippen LogP contribution in [0, 0.1) is 6.92 Å². The van der Waals surface area contributed by atoms with Crippen LogP contribution in [0.3, 0.4) is 0 Å². The van der Waals surface area contributed by atoms with Gasteiger partial charge < -0.3 is 24.5 Å². The molecular formula is C43H49ClN6O7S. The summed E-state index contributed by atoms with van der Waals surface area (Å²) < 4.78 is 44.4. The van der Waals surface area contributed by atoms with Crippen LogP contribution in [0.25, 0.3) is 11.0 Å². The molecule has 3 N–H and O–H groups in total. The predicted molar refractivity (Wildman–Crippen MR) is 225 cm³/mol. The van der Waals surface area contributed by atoms with Gasteiger partial charge in [0.05, 0.1) is 46.0 Å². The number of hydrogen-bond acceptors (Lipinski definition) is 12. The fraction of sp³-hybridized carbons (Fsp3) is 0.395. The minimum atomic E-state index is -3.57. The van der Waals surface area contributed by atoms with E-state index in [1.807, 2.05) is 32.0 Å². The van der Waals surface area contributed by atoms with E-state index in [1.165, 1.54) is 11.8 Å². The summed E-state index contributed by atoms with van der Waals surface area (Å²) in [4.78, 5) is 35.8. The maximum atomic E-state index is 13.1. The number of anilines is 4. The quantitative estimate of drug-likeness (QED) is 0.0917. The Balaban J connectivity index is 0.989. The maximum Gasteiger partial charge on any atom is 0.234 e. The summed E-state index contributed by atoms with van der Waals surface area (Å²) in [5, 5.41) is 9.32. The van der Waals surface area contributed by atoms with Crippen LogP contribution in [0.15, 0.2) is 76.4 Å². The van der Waals surface area contributed by atoms with E-state index >= 15 is 0 Å². The molecule has 2 aromatic heterocycles. The summed E-state index contributed by atoms with van der Waals surface area (Å²) >= 11 is 6.51. The average Bonchev–Trinajstić information content (AvgIpc) is 3.60. The summed E-state index contributed by atoms with van der Waals surface area (Å²) in [6, 6.07) is 16.5. The summed E-state index contributed by atoms with van der Waals surface area (Å²) in [5.41, 5.74) is 4.88. The van der Waals surface area contributed by atoms with Crippen LogP contribution < -0.4 is 25.4 Å². The molecule has 2 saturated heterocycles. The number of nitrogens with zero attached hydrogens (tertiary/aromatic N) is 3. The molecule has 0 bridgehead atoms. The molecular weight excluding hydrogens is 780 g/mol. The molecule has 58 heavy (non-hydrogen) atoms. The Bertz CT molecular complexity index is 2430. The third-order valence-corrected chi connectivity index (χ3v) is 13.2. The van der Waals surface area contributed by atoms with Crippen LogP contribution in [0.5, 0.6) is 11.5 Å². The van der Waals surface area contributed by atoms with Crippen LogP contribution in [0.1, 0.15) is 81.9 Å². The number of carbonyl (C=O) groups is 2. The van der Waals surface area contributed by atoms with Gasteiger partial charge in [0.2, 0.25) is 17.8 Å². The Morgan fingerprint density at radius 3 is 2.50 bits per heavy atom. The number of imide groups is 1. The number of likely N-dealkylation sites (tertiary alicyclic amines) is 1. The number of fused-ring (bicyclic) bond motifs is 1. The Kier molecular flexibility index (Phi) is 12.3. The molecule has 0 aliphatic carbocycles. The second-order valence-corrected chi connectivity index (χ2v) is 18.3. The van der Waals surface area contributed by atoms with E-state index in [2.05, 4.69) is 49.9 Å². The summed E-state index contributed by atoms with van der Waals surface area (Å²) in [7, 11) is -3.57. The molecule has 0 spiro atoms. The van der Waals surface area contributed by atoms with Gasteiger partial charge in [0.15, 0.2) is 15.7 Å². The van der Waals surface area contributed by atoms with Crippen LogP contribution in [-0.2, 0) is 19.4 Å². The minimum absolute atomic E-state index is 0.0843. The molecule has 15 heteroatoms. The molecule has 1 atom stereocenters. The standard InChI is InChI=1S/C43H49ClN6O7S/c1-25(2)57-38-22-31(27(5)20-36(38)47-43-45-23-34(44)41(49-43)46-35-8-6-7-9-39(35)58(53,54)26(3)4)28-14-16-50(17-15-28)18-19-55-29-10-12-37-32(21-29)33(24-56-37)30-11-13-40(51)48-42(30)52/h6-10,12,20-26,28,30H,11,13-19H2,1-5H3,(H,48,51,52)(H2,45,46,47,49). The highest BCUT2D eigenvalue weighted by Crippen LogP contribution is 2.39. The normalized spacial score (nSPS) is 16.9. The fourth-order valence-corrected chi connectivity index (χ4v) is 8.91. The minimum Gasteiger partial charge on any atom is -0.492 e. The molecule has 7 rings (SSSR count). The first-order chi connectivity index (χ1) is 27.8. The van der Waals surface area contributed by atoms with Crippen molar-refractivity contribution in [1.82, 2.24) is 20.2 Å². The van der Waals surface area contributed by atoms with Crippen molar-refractivity contribution in [2.75, 3.05) is 36.9 Å². The van der Waals surface area contributed by atoms with Crippen molar-refractivity contribution in [3.8, 4) is 11.5 Å². The fourth-order valence-electron chi connectivity index (χ4n) is 7.57. The Labute approximate surface area is 343 Å². The predicted octanol–water partition coefficient (Wildman–Crippen LogP) is 8.42. The van der Waals surface area contributed by atoms with E-state index in [1.54, 1.807) is 44.4 Å². The average molecular weight is 829 g/mol. The lowest BCUT2D eigenvalue weighted by Crippen LogP contribution is -2.39. The highest BCUT2D eigenvalue weighted by atomic mass is 35.5. The third-order valence-electron chi connectivity index (χ3n) is 10.7. The number of aromatic nitrogens is 2. The number of aryl methyl sites for hydroxylation is 1. The zero-order chi connectivity index (χ0) is 41.1. The van der Waals surface area contributed by atoms with Gasteiger partial charge in [0.1, 0.15) is 28.7 Å². The van der Waals surface area contributed by atoms with E-state index < -0.39 is 21.0 Å². The first-order valence-corrected chi connectivity index (χ1v) is 21.6. The Hall–Kier alpha value is -5.18. The van der Waals surface area contributed by atoms with Crippen LogP contribution in [-0.4, -0.2) is 72.7 Å². The van der Waals surface area contributed by atoms with Crippen molar-refractivity contribution in [3.05, 3.63) is 88.8 Å². The van der Waals surface area contributed by atoms with Crippen molar-refractivity contribution in [3.63, 3.8) is 0 Å². The van der Waals surface area contributed by atoms with Crippen molar-refractivity contribution in [2.24, 2.45) is 0 Å². The number of sulfone groups is 1. The van der Waals surface area contributed by atoms with Gasteiger partial charge in [-0.2, -0.15) is 4.98 Å². The number of rotatable bonds is 14. The van der Waals surface area contributed by atoms with Crippen LogP contribution in [0.4, 0.5) is 23.1 Å². The van der Waals surface area contributed by atoms with Gasteiger partial charge in [-0.25, -0.2) is 13.4 Å². The third kappa shape index (κ3) is 9.09. The van der Waals surface area contributed by atoms with Crippen molar-refractivity contribution in [1.29, 1.82) is 0 Å². The summed E-state index contributed by atoms with van der Waals surface area (Å²) in [6.07, 6.45) is 5.72. The van der Waals surface area contributed by atoms with Gasteiger partial charge in [0.25, 0.3) is 0 Å². The number of ether oxygens (including phenoxy) is 2. The van der Waals surface area contributed by atoms with E-state index in [0.29, 0.717) is 53.8 Å². The molecule has 1 unspecified atom stereocenters. The number of piperidine rings is 2. The summed E-state index contributed by atoms with van der Waals surface area (Å²) in [5.74, 6) is 1.31. The van der Waals surface area contributed by atoms with E-state index in [0.717, 1.165) is 49.0 Å². The number of carbonyl (C=O) groups excluding carboxylic acids is 2. The number of amides is 2. The Morgan fingerprint density at radius 2 is 1.76 bits per heavy atom. The monoisotopic (exact) mass is 828 g/mol. The highest BCUT2D eigenvalue weighted by molar-refractivity contribution is 7.92. The van der Waals surface area contributed by atoms with Gasteiger partial charge in [-0.3, -0.25) is 19.8 Å². The van der Waals surface area contributed by atoms with Gasteiger partial charge in [-0.05, 0) is 126 Å². The lowest BCUT2D eigenvalue weighted by atomic mass is 9.86. The van der Waals surface area contributed by atoms with E-state index in [-0.39, 0.29) is 39.6 Å².